The number of ether oxygens (including phenoxy) is 2. The van der Waals surface area contributed by atoms with Gasteiger partial charge in [0, 0.05) is 61.7 Å². The summed E-state index contributed by atoms with van der Waals surface area (Å²) in [6.45, 7) is 10.4. The van der Waals surface area contributed by atoms with E-state index >= 15 is 0 Å². The van der Waals surface area contributed by atoms with Crippen LogP contribution in [-0.4, -0.2) is 78.0 Å². The molecule has 10 rings (SSSR count). The van der Waals surface area contributed by atoms with E-state index in [1.807, 2.05) is 42.5 Å². The molecule has 6 aliphatic heterocycles. The number of pyridine rings is 1. The molecule has 1 spiro atoms. The summed E-state index contributed by atoms with van der Waals surface area (Å²) in [5, 5.41) is 2.14. The second-order valence-corrected chi connectivity index (χ2v) is 14.2. The van der Waals surface area contributed by atoms with Crippen molar-refractivity contribution in [1.82, 2.24) is 20.3 Å². The van der Waals surface area contributed by atoms with Gasteiger partial charge in [-0.2, -0.15) is 0 Å². The van der Waals surface area contributed by atoms with Crippen LogP contribution in [0.2, 0.25) is 0 Å². The number of amidine groups is 1. The molecule has 1 aromatic carbocycles. The monoisotopic (exact) mass is 596 g/mol. The molecule has 232 valence electrons. The minimum Gasteiger partial charge on any atom is -0.378 e. The summed E-state index contributed by atoms with van der Waals surface area (Å²) >= 11 is 0. The molecule has 44 heavy (non-hydrogen) atoms. The van der Waals surface area contributed by atoms with Gasteiger partial charge in [-0.3, -0.25) is 9.80 Å². The van der Waals surface area contributed by atoms with Crippen LogP contribution in [0.15, 0.2) is 88.1 Å². The molecule has 6 fully saturated rings. The number of aliphatic imine (C=N–C) groups is 1. The van der Waals surface area contributed by atoms with Gasteiger partial charge in [-0.25, -0.2) is 10.4 Å². The summed E-state index contributed by atoms with van der Waals surface area (Å²) in [5.74, 6) is 2.74. The van der Waals surface area contributed by atoms with Crippen LogP contribution >= 0.6 is 0 Å². The maximum absolute atomic E-state index is 11.6. The summed E-state index contributed by atoms with van der Waals surface area (Å²) < 4.78 is 13.0. The summed E-state index contributed by atoms with van der Waals surface area (Å²) in [4.78, 5) is 24.3. The standard InChI is InChI=1S/C29H38N6O3.C6H6/c1-18-4-6-33(12-18)22-7-19(2)26-31-27(32-35(26)13-22)29-9-20(14-38-29)24(29)15-37-23-10-28(11-23)16-34(17-28)21-3-5-30-25(36)8-21;1-2-4-6-5-3-1/h3,5,7-8,13,18,20,23-24,27,32H,4,6,9-12,14-17H2,1-2H3,(H,30,36);1-6H. The summed E-state index contributed by atoms with van der Waals surface area (Å²) in [7, 11) is 0. The minimum atomic E-state index is -0.263. The zero-order valence-electron chi connectivity index (χ0n) is 25.8. The van der Waals surface area contributed by atoms with Crippen molar-refractivity contribution in [1.29, 1.82) is 0 Å². The Morgan fingerprint density at radius 3 is 2.55 bits per heavy atom. The molecule has 2 N–H and O–H groups in total. The van der Waals surface area contributed by atoms with E-state index in [1.165, 1.54) is 17.7 Å². The van der Waals surface area contributed by atoms with Gasteiger partial charge in [0.1, 0.15) is 17.6 Å². The maximum Gasteiger partial charge on any atom is 0.249 e. The smallest absolute Gasteiger partial charge is 0.249 e. The highest BCUT2D eigenvalue weighted by Crippen LogP contribution is 2.57. The number of aromatic nitrogens is 1. The molecule has 9 nitrogen and oxygen atoms in total. The third kappa shape index (κ3) is 4.89. The van der Waals surface area contributed by atoms with Crippen molar-refractivity contribution in [3.8, 4) is 0 Å². The van der Waals surface area contributed by atoms with Crippen molar-refractivity contribution < 1.29 is 9.47 Å². The van der Waals surface area contributed by atoms with Gasteiger partial charge in [0.2, 0.25) is 5.56 Å². The quantitative estimate of drug-likeness (QED) is 0.519. The number of aromatic amines is 1. The average molecular weight is 597 g/mol. The van der Waals surface area contributed by atoms with Crippen LogP contribution < -0.4 is 15.9 Å². The van der Waals surface area contributed by atoms with Gasteiger partial charge in [-0.15, -0.1) is 0 Å². The van der Waals surface area contributed by atoms with Gasteiger partial charge in [-0.1, -0.05) is 43.3 Å². The Hall–Kier alpha value is -3.40. The topological polar surface area (TPSA) is 85.4 Å². The molecule has 5 unspecified atom stereocenters. The fourth-order valence-electron chi connectivity index (χ4n) is 8.51. The molecule has 2 aliphatic carbocycles. The molecule has 0 radical (unpaired) electrons. The number of rotatable bonds is 6. The highest BCUT2D eigenvalue weighted by molar-refractivity contribution is 6.00. The van der Waals surface area contributed by atoms with Gasteiger partial charge in [0.15, 0.2) is 0 Å². The van der Waals surface area contributed by atoms with Crippen molar-refractivity contribution in [3.05, 3.63) is 88.6 Å². The first-order chi connectivity index (χ1) is 21.4. The largest absolute Gasteiger partial charge is 0.378 e. The van der Waals surface area contributed by atoms with Gasteiger partial charge in [0.05, 0.1) is 25.0 Å². The predicted molar refractivity (Wildman–Crippen MR) is 171 cm³/mol. The van der Waals surface area contributed by atoms with Crippen LogP contribution in [0.25, 0.3) is 0 Å². The normalized spacial score (nSPS) is 33.0. The SMILES string of the molecule is CC1=CC(N2CCC(C)C2)=CN2NC(C34CC(CO3)C4COC3CC4(C3)CN(c3cc[nH]c(=O)c3)C4)N=C12.c1ccccc1. The van der Waals surface area contributed by atoms with Crippen LogP contribution in [0, 0.1) is 23.2 Å². The Balaban J connectivity index is 0.000000434. The van der Waals surface area contributed by atoms with E-state index in [2.05, 4.69) is 51.3 Å². The average Bonchev–Trinajstić information content (AvgIpc) is 3.78. The molecule has 2 saturated carbocycles. The van der Waals surface area contributed by atoms with Gasteiger partial charge < -0.3 is 24.3 Å². The molecule has 4 saturated heterocycles. The third-order valence-electron chi connectivity index (χ3n) is 11.0. The first-order valence-electron chi connectivity index (χ1n) is 16.4. The lowest BCUT2D eigenvalue weighted by Crippen LogP contribution is -2.65. The second-order valence-electron chi connectivity index (χ2n) is 14.2. The molecule has 8 aliphatic rings. The molecular weight excluding hydrogens is 552 g/mol. The number of nitrogens with zero attached hydrogens (tertiary/aromatic N) is 4. The molecule has 5 atom stereocenters. The number of benzene rings is 1. The molecule has 2 bridgehead atoms. The van der Waals surface area contributed by atoms with Gasteiger partial charge in [-0.05, 0) is 62.2 Å². The Morgan fingerprint density at radius 1 is 1.09 bits per heavy atom. The first kappa shape index (κ1) is 28.1. The summed E-state index contributed by atoms with van der Waals surface area (Å²) in [6.07, 6.45) is 11.1. The van der Waals surface area contributed by atoms with E-state index in [1.54, 1.807) is 12.3 Å². The Labute approximate surface area is 259 Å². The number of H-pyrrole nitrogens is 1. The highest BCUT2D eigenvalue weighted by atomic mass is 16.5. The summed E-state index contributed by atoms with van der Waals surface area (Å²) in [5.41, 5.74) is 7.27. The minimum absolute atomic E-state index is 0.0358. The number of allylic oxidation sites excluding steroid dienone is 1. The van der Waals surface area contributed by atoms with Crippen molar-refractivity contribution in [2.24, 2.45) is 28.2 Å². The number of nitrogens with one attached hydrogen (secondary N) is 2. The fraction of sp³-hybridized carbons (Fsp3) is 0.543. The van der Waals surface area contributed by atoms with E-state index in [4.69, 9.17) is 14.5 Å². The number of anilines is 1. The maximum atomic E-state index is 11.6. The molecule has 2 aromatic rings. The van der Waals surface area contributed by atoms with E-state index < -0.39 is 0 Å². The van der Waals surface area contributed by atoms with E-state index in [0.29, 0.717) is 23.4 Å². The van der Waals surface area contributed by atoms with Crippen LogP contribution in [0.1, 0.15) is 39.5 Å². The Morgan fingerprint density at radius 2 is 1.86 bits per heavy atom. The van der Waals surface area contributed by atoms with E-state index in [-0.39, 0.29) is 17.3 Å². The number of hydrogen-bond acceptors (Lipinski definition) is 8. The van der Waals surface area contributed by atoms with Crippen LogP contribution in [-0.2, 0) is 9.47 Å². The lowest BCUT2D eigenvalue weighted by Gasteiger charge is -2.60. The van der Waals surface area contributed by atoms with Crippen molar-refractivity contribution in [2.45, 2.75) is 57.4 Å². The fourth-order valence-corrected chi connectivity index (χ4v) is 8.51. The number of likely N-dealkylation sites (tertiary alicyclic amines) is 1. The van der Waals surface area contributed by atoms with E-state index in [0.717, 1.165) is 76.1 Å². The van der Waals surface area contributed by atoms with Crippen molar-refractivity contribution in [2.75, 3.05) is 44.3 Å². The molecule has 7 heterocycles. The molecule has 0 amide bonds. The lowest BCUT2D eigenvalue weighted by atomic mass is 9.61. The summed E-state index contributed by atoms with van der Waals surface area (Å²) in [6, 6.07) is 15.7. The highest BCUT2D eigenvalue weighted by Gasteiger charge is 2.66. The van der Waals surface area contributed by atoms with Gasteiger partial charge in [0.25, 0.3) is 0 Å². The van der Waals surface area contributed by atoms with Crippen LogP contribution in [0.3, 0.4) is 0 Å². The second kappa shape index (κ2) is 10.9. The predicted octanol–water partition coefficient (Wildman–Crippen LogP) is 4.14. The Bertz CT molecular complexity index is 1490. The zero-order chi connectivity index (χ0) is 29.9. The van der Waals surface area contributed by atoms with Crippen LogP contribution in [0.5, 0.6) is 0 Å². The molecular formula is C35H44N6O3. The Kier molecular flexibility index (Phi) is 6.96. The number of hydrazine groups is 1. The van der Waals surface area contributed by atoms with Crippen LogP contribution in [0.4, 0.5) is 5.69 Å². The van der Waals surface area contributed by atoms with E-state index in [9.17, 15) is 4.79 Å². The van der Waals surface area contributed by atoms with Gasteiger partial charge >= 0.3 is 0 Å². The molecule has 9 heteroatoms. The number of fused-ring (bicyclic) bond motifs is 2. The molecule has 1 aromatic heterocycles. The zero-order valence-corrected chi connectivity index (χ0v) is 25.8. The van der Waals surface area contributed by atoms with Crippen molar-refractivity contribution in [3.63, 3.8) is 0 Å². The third-order valence-corrected chi connectivity index (χ3v) is 11.0. The first-order valence-corrected chi connectivity index (χ1v) is 16.4. The lowest BCUT2D eigenvalue weighted by molar-refractivity contribution is -0.150. The van der Waals surface area contributed by atoms with Crippen molar-refractivity contribution >= 4 is 11.5 Å². The number of hydrogen-bond donors (Lipinski definition) is 2.